The van der Waals surface area contributed by atoms with Crippen molar-refractivity contribution >= 4 is 23.6 Å². The van der Waals surface area contributed by atoms with Crippen molar-refractivity contribution in [2.45, 2.75) is 24.5 Å². The molecule has 1 aliphatic heterocycles. The molecule has 0 aromatic carbocycles. The average Bonchev–Trinajstić information content (AvgIpc) is 3.18. The maximum absolute atomic E-state index is 11.0. The minimum atomic E-state index is -0.365. The van der Waals surface area contributed by atoms with Crippen LogP contribution in [0.5, 0.6) is 0 Å². The van der Waals surface area contributed by atoms with Crippen molar-refractivity contribution in [3.05, 3.63) is 24.2 Å². The Morgan fingerprint density at radius 2 is 2.19 bits per heavy atom. The molecule has 1 saturated heterocycles. The van der Waals surface area contributed by atoms with Gasteiger partial charge in [-0.15, -0.1) is 10.2 Å². The van der Waals surface area contributed by atoms with Crippen LogP contribution in [0.4, 0.5) is 5.95 Å². The number of amides is 1. The van der Waals surface area contributed by atoms with E-state index in [1.165, 1.54) is 11.8 Å². The van der Waals surface area contributed by atoms with Gasteiger partial charge in [-0.3, -0.25) is 9.36 Å². The number of anilines is 1. The highest BCUT2D eigenvalue weighted by atomic mass is 32.2. The maximum atomic E-state index is 11.0. The molecule has 0 saturated carbocycles. The zero-order valence-corrected chi connectivity index (χ0v) is 12.4. The van der Waals surface area contributed by atoms with Crippen LogP contribution in [0.3, 0.4) is 0 Å². The summed E-state index contributed by atoms with van der Waals surface area (Å²) >= 11 is 1.30. The Hall–Kier alpha value is -1.96. The number of nitrogens with two attached hydrogens (primary N) is 1. The van der Waals surface area contributed by atoms with E-state index in [-0.39, 0.29) is 11.7 Å². The number of thioether (sulfide) groups is 1. The van der Waals surface area contributed by atoms with E-state index in [2.05, 4.69) is 15.1 Å². The fourth-order valence-corrected chi connectivity index (χ4v) is 3.04. The van der Waals surface area contributed by atoms with Crippen molar-refractivity contribution in [2.75, 3.05) is 23.7 Å². The molecule has 0 unspecified atom stereocenters. The lowest BCUT2D eigenvalue weighted by Gasteiger charge is -2.17. The molecule has 7 nitrogen and oxygen atoms in total. The topological polar surface area (TPSA) is 90.2 Å². The van der Waals surface area contributed by atoms with Gasteiger partial charge in [-0.1, -0.05) is 11.8 Å². The quantitative estimate of drug-likeness (QED) is 0.804. The van der Waals surface area contributed by atoms with E-state index in [0.717, 1.165) is 37.6 Å². The van der Waals surface area contributed by atoms with Gasteiger partial charge in [0.25, 0.3) is 0 Å². The van der Waals surface area contributed by atoms with Gasteiger partial charge in [0.15, 0.2) is 5.16 Å². The summed E-state index contributed by atoms with van der Waals surface area (Å²) in [5, 5.41) is 9.17. The summed E-state index contributed by atoms with van der Waals surface area (Å²) in [6.07, 6.45) is 3.97. The summed E-state index contributed by atoms with van der Waals surface area (Å²) in [6.45, 7) is 2.51. The van der Waals surface area contributed by atoms with Gasteiger partial charge >= 0.3 is 0 Å². The van der Waals surface area contributed by atoms with E-state index in [9.17, 15) is 4.79 Å². The number of primary amides is 1. The van der Waals surface area contributed by atoms with Crippen molar-refractivity contribution in [1.29, 1.82) is 0 Å². The van der Waals surface area contributed by atoms with Gasteiger partial charge in [-0.05, 0) is 25.0 Å². The third kappa shape index (κ3) is 3.21. The number of nitrogens with zero attached hydrogens (tertiary/aromatic N) is 4. The summed E-state index contributed by atoms with van der Waals surface area (Å²) in [7, 11) is 0. The van der Waals surface area contributed by atoms with E-state index in [4.69, 9.17) is 10.2 Å². The molecule has 112 valence electrons. The van der Waals surface area contributed by atoms with E-state index >= 15 is 0 Å². The Bertz CT molecular complexity index is 604. The van der Waals surface area contributed by atoms with Crippen molar-refractivity contribution in [3.8, 4) is 0 Å². The van der Waals surface area contributed by atoms with Crippen LogP contribution in [0.15, 0.2) is 28.0 Å². The largest absolute Gasteiger partial charge is 0.467 e. The lowest BCUT2D eigenvalue weighted by molar-refractivity contribution is -0.115. The molecular formula is C13H17N5O2S. The predicted molar refractivity (Wildman–Crippen MR) is 79.2 cm³/mol. The first-order chi connectivity index (χ1) is 10.2. The van der Waals surface area contributed by atoms with Crippen LogP contribution < -0.4 is 10.6 Å². The predicted octanol–water partition coefficient (Wildman–Crippen LogP) is 1.10. The van der Waals surface area contributed by atoms with Crippen molar-refractivity contribution in [1.82, 2.24) is 14.8 Å². The molecule has 8 heteroatoms. The molecule has 0 radical (unpaired) electrons. The second-order valence-electron chi connectivity index (χ2n) is 4.90. The molecule has 0 bridgehead atoms. The van der Waals surface area contributed by atoms with E-state index in [1.54, 1.807) is 6.26 Å². The highest BCUT2D eigenvalue weighted by molar-refractivity contribution is 7.99. The highest BCUT2D eigenvalue weighted by Gasteiger charge is 2.22. The summed E-state index contributed by atoms with van der Waals surface area (Å²) < 4.78 is 7.39. The first-order valence-electron chi connectivity index (χ1n) is 6.85. The fourth-order valence-electron chi connectivity index (χ4n) is 2.37. The van der Waals surface area contributed by atoms with Crippen LogP contribution in [0.1, 0.15) is 18.6 Å². The Morgan fingerprint density at radius 1 is 1.38 bits per heavy atom. The van der Waals surface area contributed by atoms with E-state index in [0.29, 0.717) is 11.7 Å². The van der Waals surface area contributed by atoms with Crippen LogP contribution in [0.2, 0.25) is 0 Å². The number of furan rings is 1. The molecule has 3 heterocycles. The summed E-state index contributed by atoms with van der Waals surface area (Å²) in [5.41, 5.74) is 5.21. The minimum Gasteiger partial charge on any atom is -0.467 e. The normalized spacial score (nSPS) is 14.8. The van der Waals surface area contributed by atoms with Gasteiger partial charge in [-0.2, -0.15) is 0 Å². The molecule has 2 N–H and O–H groups in total. The van der Waals surface area contributed by atoms with Crippen LogP contribution >= 0.6 is 11.8 Å². The molecule has 0 spiro atoms. The highest BCUT2D eigenvalue weighted by Crippen LogP contribution is 2.25. The molecule has 0 aliphatic carbocycles. The number of carbonyl (C=O) groups is 1. The molecule has 0 atom stereocenters. The number of hydrogen-bond donors (Lipinski definition) is 1. The van der Waals surface area contributed by atoms with Crippen molar-refractivity contribution < 1.29 is 9.21 Å². The second-order valence-corrected chi connectivity index (χ2v) is 5.84. The first-order valence-corrected chi connectivity index (χ1v) is 7.84. The molecule has 1 fully saturated rings. The standard InChI is InChI=1S/C13H17N5O2S/c14-11(19)9-21-13-16-15-12(17-5-1-2-6-17)18(13)8-10-4-3-7-20-10/h3-4,7H,1-2,5-6,8-9H2,(H2,14,19). The molecule has 2 aromatic rings. The fraction of sp³-hybridized carbons (Fsp3) is 0.462. The number of aromatic nitrogens is 3. The third-order valence-corrected chi connectivity index (χ3v) is 4.31. The number of rotatable bonds is 6. The maximum Gasteiger partial charge on any atom is 0.228 e. The van der Waals surface area contributed by atoms with Crippen LogP contribution in [0, 0.1) is 0 Å². The smallest absolute Gasteiger partial charge is 0.228 e. The Labute approximate surface area is 126 Å². The Balaban J connectivity index is 1.86. The van der Waals surface area contributed by atoms with E-state index < -0.39 is 0 Å². The van der Waals surface area contributed by atoms with Crippen LogP contribution in [-0.2, 0) is 11.3 Å². The monoisotopic (exact) mass is 307 g/mol. The minimum absolute atomic E-state index is 0.191. The molecule has 1 amide bonds. The SMILES string of the molecule is NC(=O)CSc1nnc(N2CCCC2)n1Cc1ccco1. The Kier molecular flexibility index (Phi) is 4.14. The molecule has 3 rings (SSSR count). The van der Waals surface area contributed by atoms with Crippen LogP contribution in [-0.4, -0.2) is 39.5 Å². The van der Waals surface area contributed by atoms with E-state index in [1.807, 2.05) is 16.7 Å². The lowest BCUT2D eigenvalue weighted by Crippen LogP contribution is -2.22. The lowest BCUT2D eigenvalue weighted by atomic mass is 10.4. The zero-order valence-electron chi connectivity index (χ0n) is 11.6. The van der Waals surface area contributed by atoms with Gasteiger partial charge < -0.3 is 15.1 Å². The zero-order chi connectivity index (χ0) is 14.7. The molecule has 1 aliphatic rings. The average molecular weight is 307 g/mol. The van der Waals surface area contributed by atoms with Gasteiger partial charge in [0.1, 0.15) is 5.76 Å². The summed E-state index contributed by atoms with van der Waals surface area (Å²) in [4.78, 5) is 13.2. The molecule has 2 aromatic heterocycles. The number of hydrogen-bond acceptors (Lipinski definition) is 6. The van der Waals surface area contributed by atoms with Gasteiger partial charge in [0, 0.05) is 13.1 Å². The first kappa shape index (κ1) is 14.0. The van der Waals surface area contributed by atoms with Crippen LogP contribution in [0.25, 0.3) is 0 Å². The second kappa shape index (κ2) is 6.21. The number of carbonyl (C=O) groups excluding carboxylic acids is 1. The van der Waals surface area contributed by atoms with Gasteiger partial charge in [0.05, 0.1) is 18.6 Å². The third-order valence-electron chi connectivity index (χ3n) is 3.32. The summed E-state index contributed by atoms with van der Waals surface area (Å²) in [5.74, 6) is 1.48. The van der Waals surface area contributed by atoms with Crippen molar-refractivity contribution in [2.24, 2.45) is 5.73 Å². The van der Waals surface area contributed by atoms with Crippen molar-refractivity contribution in [3.63, 3.8) is 0 Å². The molecule has 21 heavy (non-hydrogen) atoms. The molecular weight excluding hydrogens is 290 g/mol. The Morgan fingerprint density at radius 3 is 2.86 bits per heavy atom. The van der Waals surface area contributed by atoms with Gasteiger partial charge in [0.2, 0.25) is 11.9 Å². The van der Waals surface area contributed by atoms with Gasteiger partial charge in [-0.25, -0.2) is 0 Å². The summed E-state index contributed by atoms with van der Waals surface area (Å²) in [6, 6.07) is 3.77.